The van der Waals surface area contributed by atoms with Gasteiger partial charge < -0.3 is 5.73 Å². The number of nitrogens with two attached hydrogens (primary N) is 1. The standard InChI is InChI=1S/C20H20N6/c1-20(2,3)14-7-4-12(5-8-14)16-11-18(21)23-19(22-16)13-6-9-15-17(10-13)25-26-24-15/h4-11H,1-3H3,(H2,21,22,23)(H,24,25,26). The van der Waals surface area contributed by atoms with Crippen LogP contribution in [0.3, 0.4) is 0 Å². The zero-order valence-electron chi connectivity index (χ0n) is 15.0. The molecule has 6 nitrogen and oxygen atoms in total. The lowest BCUT2D eigenvalue weighted by Gasteiger charge is -2.19. The van der Waals surface area contributed by atoms with Gasteiger partial charge in [0.05, 0.1) is 5.69 Å². The molecule has 2 heterocycles. The molecule has 26 heavy (non-hydrogen) atoms. The maximum atomic E-state index is 6.04. The van der Waals surface area contributed by atoms with Gasteiger partial charge >= 0.3 is 0 Å². The van der Waals surface area contributed by atoms with Crippen LogP contribution in [-0.2, 0) is 5.41 Å². The fraction of sp³-hybridized carbons (Fsp3) is 0.200. The molecule has 0 bridgehead atoms. The van der Waals surface area contributed by atoms with Crippen molar-refractivity contribution in [1.82, 2.24) is 25.4 Å². The van der Waals surface area contributed by atoms with Crippen LogP contribution in [0.1, 0.15) is 26.3 Å². The summed E-state index contributed by atoms with van der Waals surface area (Å²) in [6, 6.07) is 15.9. The van der Waals surface area contributed by atoms with Crippen molar-refractivity contribution in [1.29, 1.82) is 0 Å². The Bertz CT molecular complexity index is 1070. The molecule has 130 valence electrons. The van der Waals surface area contributed by atoms with E-state index in [0.717, 1.165) is 27.9 Å². The van der Waals surface area contributed by atoms with Gasteiger partial charge in [-0.3, -0.25) is 0 Å². The second-order valence-electron chi connectivity index (χ2n) is 7.36. The smallest absolute Gasteiger partial charge is 0.162 e. The zero-order valence-corrected chi connectivity index (χ0v) is 15.0. The summed E-state index contributed by atoms with van der Waals surface area (Å²) in [6.45, 7) is 6.59. The van der Waals surface area contributed by atoms with Crippen LogP contribution in [0.4, 0.5) is 5.82 Å². The third-order valence-electron chi connectivity index (χ3n) is 4.37. The van der Waals surface area contributed by atoms with E-state index in [1.165, 1.54) is 5.56 Å². The molecular formula is C20H20N6. The van der Waals surface area contributed by atoms with Crippen molar-refractivity contribution in [2.45, 2.75) is 26.2 Å². The van der Waals surface area contributed by atoms with E-state index in [1.54, 1.807) is 6.07 Å². The summed E-state index contributed by atoms with van der Waals surface area (Å²) in [5.74, 6) is 1.01. The lowest BCUT2D eigenvalue weighted by Crippen LogP contribution is -2.10. The Kier molecular flexibility index (Phi) is 3.68. The SMILES string of the molecule is CC(C)(C)c1ccc(-c2cc(N)nc(-c3ccc4n[nH]nc4c3)n2)cc1. The molecule has 0 aliphatic heterocycles. The van der Waals surface area contributed by atoms with Crippen LogP contribution in [0.15, 0.2) is 48.5 Å². The van der Waals surface area contributed by atoms with Gasteiger partial charge in [-0.15, -0.1) is 0 Å². The van der Waals surface area contributed by atoms with Crippen LogP contribution in [-0.4, -0.2) is 25.4 Å². The maximum absolute atomic E-state index is 6.04. The summed E-state index contributed by atoms with van der Waals surface area (Å²) in [4.78, 5) is 9.09. The molecule has 0 amide bonds. The predicted molar refractivity (Wildman–Crippen MR) is 103 cm³/mol. The van der Waals surface area contributed by atoms with Gasteiger partial charge in [0.2, 0.25) is 0 Å². The first-order valence-electron chi connectivity index (χ1n) is 8.46. The highest BCUT2D eigenvalue weighted by atomic mass is 15.3. The lowest BCUT2D eigenvalue weighted by atomic mass is 9.86. The van der Waals surface area contributed by atoms with Gasteiger partial charge in [-0.2, -0.15) is 15.4 Å². The molecule has 0 aliphatic carbocycles. The molecule has 0 radical (unpaired) electrons. The van der Waals surface area contributed by atoms with Gasteiger partial charge in [0.15, 0.2) is 5.82 Å². The number of aromatic amines is 1. The van der Waals surface area contributed by atoms with Crippen molar-refractivity contribution in [3.05, 3.63) is 54.1 Å². The Morgan fingerprint density at radius 2 is 1.50 bits per heavy atom. The van der Waals surface area contributed by atoms with Crippen LogP contribution in [0, 0.1) is 0 Å². The van der Waals surface area contributed by atoms with Gasteiger partial charge in [0.1, 0.15) is 16.9 Å². The predicted octanol–water partition coefficient (Wildman–Crippen LogP) is 3.96. The molecule has 0 spiro atoms. The molecule has 2 aromatic carbocycles. The van der Waals surface area contributed by atoms with Gasteiger partial charge in [-0.05, 0) is 29.2 Å². The fourth-order valence-corrected chi connectivity index (χ4v) is 2.86. The number of nitrogen functional groups attached to an aromatic ring is 1. The molecule has 0 unspecified atom stereocenters. The van der Waals surface area contributed by atoms with Gasteiger partial charge in [-0.1, -0.05) is 45.0 Å². The number of H-pyrrole nitrogens is 1. The average molecular weight is 344 g/mol. The van der Waals surface area contributed by atoms with Crippen LogP contribution >= 0.6 is 0 Å². The largest absolute Gasteiger partial charge is 0.384 e. The number of benzene rings is 2. The summed E-state index contributed by atoms with van der Waals surface area (Å²) in [6.07, 6.45) is 0. The minimum Gasteiger partial charge on any atom is -0.384 e. The van der Waals surface area contributed by atoms with Crippen LogP contribution in [0.25, 0.3) is 33.7 Å². The Labute approximate surface area is 151 Å². The van der Waals surface area contributed by atoms with E-state index in [0.29, 0.717) is 11.6 Å². The topological polar surface area (TPSA) is 93.4 Å². The first-order valence-corrected chi connectivity index (χ1v) is 8.46. The number of anilines is 1. The molecule has 4 aromatic rings. The second kappa shape index (κ2) is 5.91. The number of nitrogens with one attached hydrogen (secondary N) is 1. The quantitative estimate of drug-likeness (QED) is 0.574. The van der Waals surface area contributed by atoms with Crippen LogP contribution in [0.5, 0.6) is 0 Å². The van der Waals surface area contributed by atoms with Crippen molar-refractivity contribution in [2.24, 2.45) is 0 Å². The molecule has 0 fully saturated rings. The third kappa shape index (κ3) is 3.01. The molecule has 2 aromatic heterocycles. The minimum atomic E-state index is 0.112. The second-order valence-corrected chi connectivity index (χ2v) is 7.36. The molecule has 0 saturated heterocycles. The molecule has 0 aliphatic rings. The number of fused-ring (bicyclic) bond motifs is 1. The highest BCUT2D eigenvalue weighted by Crippen LogP contribution is 2.28. The van der Waals surface area contributed by atoms with E-state index in [2.05, 4.69) is 65.4 Å². The van der Waals surface area contributed by atoms with Crippen LogP contribution < -0.4 is 5.73 Å². The van der Waals surface area contributed by atoms with E-state index in [-0.39, 0.29) is 5.41 Å². The summed E-state index contributed by atoms with van der Waals surface area (Å²) < 4.78 is 0. The fourth-order valence-electron chi connectivity index (χ4n) is 2.86. The van der Waals surface area contributed by atoms with Gasteiger partial charge in [0, 0.05) is 17.2 Å². The molecule has 0 atom stereocenters. The molecule has 3 N–H and O–H groups in total. The summed E-state index contributed by atoms with van der Waals surface area (Å²) >= 11 is 0. The van der Waals surface area contributed by atoms with Crippen molar-refractivity contribution in [3.63, 3.8) is 0 Å². The maximum Gasteiger partial charge on any atom is 0.162 e. The van der Waals surface area contributed by atoms with Crippen LogP contribution in [0.2, 0.25) is 0 Å². The highest BCUT2D eigenvalue weighted by molar-refractivity contribution is 5.80. The first-order chi connectivity index (χ1) is 12.4. The van der Waals surface area contributed by atoms with E-state index < -0.39 is 0 Å². The Balaban J connectivity index is 1.76. The number of hydrogen-bond acceptors (Lipinski definition) is 5. The molecule has 4 rings (SSSR count). The van der Waals surface area contributed by atoms with Crippen molar-refractivity contribution < 1.29 is 0 Å². The van der Waals surface area contributed by atoms with Crippen molar-refractivity contribution in [3.8, 4) is 22.6 Å². The Morgan fingerprint density at radius 3 is 2.23 bits per heavy atom. The van der Waals surface area contributed by atoms with E-state index in [4.69, 9.17) is 10.7 Å². The number of aromatic nitrogens is 5. The molecule has 6 heteroatoms. The zero-order chi connectivity index (χ0) is 18.3. The van der Waals surface area contributed by atoms with Gasteiger partial charge in [-0.25, -0.2) is 9.97 Å². The number of rotatable bonds is 2. The summed E-state index contributed by atoms with van der Waals surface area (Å²) in [5, 5.41) is 10.8. The monoisotopic (exact) mass is 344 g/mol. The minimum absolute atomic E-state index is 0.112. The normalized spacial score (nSPS) is 11.8. The lowest BCUT2D eigenvalue weighted by molar-refractivity contribution is 0.590. The summed E-state index contributed by atoms with van der Waals surface area (Å²) in [7, 11) is 0. The van der Waals surface area contributed by atoms with E-state index in [9.17, 15) is 0 Å². The van der Waals surface area contributed by atoms with Gasteiger partial charge in [0.25, 0.3) is 0 Å². The van der Waals surface area contributed by atoms with Crippen molar-refractivity contribution >= 4 is 16.9 Å². The Hall–Kier alpha value is -3.28. The third-order valence-corrected chi connectivity index (χ3v) is 4.37. The number of nitrogens with zero attached hydrogens (tertiary/aromatic N) is 4. The van der Waals surface area contributed by atoms with E-state index >= 15 is 0 Å². The molecule has 0 saturated carbocycles. The first kappa shape index (κ1) is 16.2. The molecular weight excluding hydrogens is 324 g/mol. The number of hydrogen-bond donors (Lipinski definition) is 2. The Morgan fingerprint density at radius 1 is 0.808 bits per heavy atom. The highest BCUT2D eigenvalue weighted by Gasteiger charge is 2.14. The average Bonchev–Trinajstić information content (AvgIpc) is 3.08. The summed E-state index contributed by atoms with van der Waals surface area (Å²) in [5.41, 5.74) is 11.7. The van der Waals surface area contributed by atoms with E-state index in [1.807, 2.05) is 18.2 Å². The van der Waals surface area contributed by atoms with Crippen molar-refractivity contribution in [2.75, 3.05) is 5.73 Å².